The van der Waals surface area contributed by atoms with E-state index in [0.29, 0.717) is 22.5 Å². The third-order valence-electron chi connectivity index (χ3n) is 4.50. The summed E-state index contributed by atoms with van der Waals surface area (Å²) in [6.07, 6.45) is -1.22. The monoisotopic (exact) mass is 424 g/mol. The van der Waals surface area contributed by atoms with Gasteiger partial charge in [-0.2, -0.15) is 18.2 Å². The van der Waals surface area contributed by atoms with Crippen molar-refractivity contribution >= 4 is 5.91 Å². The molecule has 0 aliphatic carbocycles. The zero-order chi connectivity index (χ0) is 21.8. The lowest BCUT2D eigenvalue weighted by molar-refractivity contribution is -0.137. The normalized spacial score (nSPS) is 11.3. The Kier molecular flexibility index (Phi) is 5.48. The fourth-order valence-corrected chi connectivity index (χ4v) is 2.97. The number of nitrogens with one attached hydrogen (secondary N) is 1. The van der Waals surface area contributed by atoms with Crippen LogP contribution < -0.4 is 5.32 Å². The number of aromatic nitrogens is 3. The molecule has 2 heterocycles. The Morgan fingerprint density at radius 1 is 0.935 bits per heavy atom. The van der Waals surface area contributed by atoms with Crippen LogP contribution in [0.25, 0.3) is 22.5 Å². The average Bonchev–Trinajstić information content (AvgIpc) is 3.27. The van der Waals surface area contributed by atoms with Crippen LogP contribution in [0, 0.1) is 0 Å². The molecule has 2 aromatic heterocycles. The predicted molar refractivity (Wildman–Crippen MR) is 106 cm³/mol. The molecule has 1 N–H and O–H groups in total. The van der Waals surface area contributed by atoms with Crippen LogP contribution in [0.1, 0.15) is 21.8 Å². The van der Waals surface area contributed by atoms with Crippen LogP contribution in [0.15, 0.2) is 77.6 Å². The van der Waals surface area contributed by atoms with Crippen LogP contribution in [-0.4, -0.2) is 21.0 Å². The van der Waals surface area contributed by atoms with Gasteiger partial charge in [-0.05, 0) is 41.5 Å². The van der Waals surface area contributed by atoms with Crippen molar-refractivity contribution in [2.45, 2.75) is 12.7 Å². The van der Waals surface area contributed by atoms with Crippen LogP contribution in [0.5, 0.6) is 0 Å². The Bertz CT molecular complexity index is 1190. The van der Waals surface area contributed by atoms with Gasteiger partial charge in [-0.1, -0.05) is 35.5 Å². The van der Waals surface area contributed by atoms with E-state index >= 15 is 0 Å². The van der Waals surface area contributed by atoms with Crippen molar-refractivity contribution in [3.05, 3.63) is 90.1 Å². The summed E-state index contributed by atoms with van der Waals surface area (Å²) in [5.41, 5.74) is 1.30. The van der Waals surface area contributed by atoms with E-state index in [-0.39, 0.29) is 12.4 Å². The van der Waals surface area contributed by atoms with Gasteiger partial charge in [-0.25, -0.2) is 0 Å². The highest BCUT2D eigenvalue weighted by molar-refractivity contribution is 6.00. The van der Waals surface area contributed by atoms with Gasteiger partial charge < -0.3 is 9.84 Å². The first-order chi connectivity index (χ1) is 14.9. The Morgan fingerprint density at radius 3 is 2.35 bits per heavy atom. The van der Waals surface area contributed by atoms with Gasteiger partial charge in [-0.3, -0.25) is 9.78 Å². The summed E-state index contributed by atoms with van der Waals surface area (Å²) in [5.74, 6) is 0.170. The maximum absolute atomic E-state index is 12.8. The van der Waals surface area contributed by atoms with Gasteiger partial charge in [0, 0.05) is 23.5 Å². The first kappa shape index (κ1) is 20.3. The number of nitrogens with zero attached hydrogens (tertiary/aromatic N) is 3. The van der Waals surface area contributed by atoms with Crippen molar-refractivity contribution in [3.63, 3.8) is 0 Å². The van der Waals surface area contributed by atoms with Gasteiger partial charge in [0.2, 0.25) is 11.7 Å². The molecule has 0 atom stereocenters. The number of halogens is 3. The van der Waals surface area contributed by atoms with Crippen molar-refractivity contribution in [2.24, 2.45) is 0 Å². The molecule has 4 aromatic rings. The summed E-state index contributed by atoms with van der Waals surface area (Å²) in [4.78, 5) is 20.9. The number of pyridine rings is 1. The number of carbonyl (C=O) groups excluding carboxylic acids is 1. The topological polar surface area (TPSA) is 80.9 Å². The van der Waals surface area contributed by atoms with Crippen molar-refractivity contribution in [3.8, 4) is 22.5 Å². The van der Waals surface area contributed by atoms with E-state index in [0.717, 1.165) is 17.7 Å². The van der Waals surface area contributed by atoms with E-state index in [9.17, 15) is 18.0 Å². The zero-order valence-corrected chi connectivity index (χ0v) is 15.9. The second-order valence-corrected chi connectivity index (χ2v) is 6.55. The highest BCUT2D eigenvalue weighted by Crippen LogP contribution is 2.31. The third-order valence-corrected chi connectivity index (χ3v) is 4.50. The van der Waals surface area contributed by atoms with Crippen LogP contribution in [0.2, 0.25) is 0 Å². The van der Waals surface area contributed by atoms with Crippen LogP contribution >= 0.6 is 0 Å². The molecule has 9 heteroatoms. The van der Waals surface area contributed by atoms with Crippen LogP contribution in [0.3, 0.4) is 0 Å². The van der Waals surface area contributed by atoms with E-state index in [4.69, 9.17) is 4.52 Å². The quantitative estimate of drug-likeness (QED) is 0.500. The number of alkyl halides is 3. The highest BCUT2D eigenvalue weighted by atomic mass is 19.4. The second kappa shape index (κ2) is 8.39. The van der Waals surface area contributed by atoms with Crippen molar-refractivity contribution in [1.29, 1.82) is 0 Å². The fourth-order valence-electron chi connectivity index (χ4n) is 2.97. The maximum atomic E-state index is 12.8. The summed E-state index contributed by atoms with van der Waals surface area (Å²) in [6.45, 7) is -0.00172. The molecular weight excluding hydrogens is 409 g/mol. The van der Waals surface area contributed by atoms with E-state index in [1.54, 1.807) is 48.8 Å². The average molecular weight is 424 g/mol. The van der Waals surface area contributed by atoms with Gasteiger partial charge in [0.25, 0.3) is 5.91 Å². The van der Waals surface area contributed by atoms with Crippen molar-refractivity contribution in [1.82, 2.24) is 20.4 Å². The molecule has 0 saturated carbocycles. The molecule has 0 saturated heterocycles. The molecule has 0 unspecified atom stereocenters. The lowest BCUT2D eigenvalue weighted by Crippen LogP contribution is -2.23. The van der Waals surface area contributed by atoms with E-state index in [1.165, 1.54) is 12.1 Å². The van der Waals surface area contributed by atoms with Crippen molar-refractivity contribution < 1.29 is 22.5 Å². The summed E-state index contributed by atoms with van der Waals surface area (Å²) in [6, 6.07) is 14.8. The minimum Gasteiger partial charge on any atom is -0.343 e. The number of rotatable bonds is 5. The van der Waals surface area contributed by atoms with Gasteiger partial charge in [0.1, 0.15) is 0 Å². The smallest absolute Gasteiger partial charge is 0.343 e. The molecule has 156 valence electrons. The molecule has 0 bridgehead atoms. The first-order valence-corrected chi connectivity index (χ1v) is 9.19. The SMILES string of the molecule is O=C(NCc1nc(-c2ccncc2)no1)c1ccccc1-c1ccc(C(F)(F)F)cc1. The molecule has 4 rings (SSSR count). The number of hydrogen-bond acceptors (Lipinski definition) is 5. The number of amides is 1. The molecule has 0 aliphatic heterocycles. The van der Waals surface area contributed by atoms with Crippen molar-refractivity contribution in [2.75, 3.05) is 0 Å². The third kappa shape index (κ3) is 4.61. The highest BCUT2D eigenvalue weighted by Gasteiger charge is 2.30. The predicted octanol–water partition coefficient (Wildman–Crippen LogP) is 4.75. The number of hydrogen-bond donors (Lipinski definition) is 1. The molecule has 6 nitrogen and oxygen atoms in total. The minimum absolute atomic E-state index is 0.00172. The Morgan fingerprint density at radius 2 is 1.65 bits per heavy atom. The molecule has 0 spiro atoms. The minimum atomic E-state index is -4.42. The lowest BCUT2D eigenvalue weighted by atomic mass is 9.98. The largest absolute Gasteiger partial charge is 0.416 e. The van der Waals surface area contributed by atoms with E-state index in [2.05, 4.69) is 20.4 Å². The molecular formula is C22H15F3N4O2. The second-order valence-electron chi connectivity index (χ2n) is 6.55. The maximum Gasteiger partial charge on any atom is 0.416 e. The summed E-state index contributed by atoms with van der Waals surface area (Å²) < 4.78 is 43.6. The van der Waals surface area contributed by atoms with Crippen LogP contribution in [-0.2, 0) is 12.7 Å². The van der Waals surface area contributed by atoms with Gasteiger partial charge >= 0.3 is 6.18 Å². The zero-order valence-electron chi connectivity index (χ0n) is 15.9. The van der Waals surface area contributed by atoms with Gasteiger partial charge in [-0.15, -0.1) is 0 Å². The Labute approximate surface area is 174 Å². The van der Waals surface area contributed by atoms with Gasteiger partial charge in [0.15, 0.2) is 0 Å². The molecule has 2 aromatic carbocycles. The van der Waals surface area contributed by atoms with E-state index in [1.807, 2.05) is 0 Å². The fraction of sp³-hybridized carbons (Fsp3) is 0.0909. The Hall–Kier alpha value is -4.01. The molecule has 0 aliphatic rings. The summed E-state index contributed by atoms with van der Waals surface area (Å²) >= 11 is 0. The molecule has 1 amide bonds. The Balaban J connectivity index is 1.49. The summed E-state index contributed by atoms with van der Waals surface area (Å²) in [5, 5.41) is 6.57. The van der Waals surface area contributed by atoms with E-state index < -0.39 is 17.6 Å². The molecule has 0 radical (unpaired) electrons. The standard InChI is InChI=1S/C22H15F3N4O2/c23-22(24,25)16-7-5-14(6-8-16)17-3-1-2-4-18(17)21(30)27-13-19-28-20(29-31-19)15-9-11-26-12-10-15/h1-12H,13H2,(H,27,30). The number of carbonyl (C=O) groups is 1. The lowest BCUT2D eigenvalue weighted by Gasteiger charge is -2.11. The van der Waals surface area contributed by atoms with Gasteiger partial charge in [0.05, 0.1) is 12.1 Å². The van der Waals surface area contributed by atoms with Crippen LogP contribution in [0.4, 0.5) is 13.2 Å². The molecule has 31 heavy (non-hydrogen) atoms. The molecule has 0 fully saturated rings. The first-order valence-electron chi connectivity index (χ1n) is 9.19. The summed E-state index contributed by atoms with van der Waals surface area (Å²) in [7, 11) is 0. The number of benzene rings is 2.